The number of hydrogen-bond donors (Lipinski definition) is 0. The molecule has 152 valence electrons. The first-order valence-electron chi connectivity index (χ1n) is 8.55. The molecule has 8 heteroatoms. The molecule has 0 spiro atoms. The number of pyridine rings is 1. The molecule has 0 saturated carbocycles. The fourth-order valence-electron chi connectivity index (χ4n) is 2.88. The third kappa shape index (κ3) is 5.44. The summed E-state index contributed by atoms with van der Waals surface area (Å²) in [5, 5.41) is 0.395. The molecule has 0 aliphatic rings. The Hall–Kier alpha value is -2.67. The van der Waals surface area contributed by atoms with Gasteiger partial charge in [-0.05, 0) is 41.8 Å². The van der Waals surface area contributed by atoms with Crippen LogP contribution in [0, 0.1) is 5.82 Å². The summed E-state index contributed by atoms with van der Waals surface area (Å²) < 4.78 is 69.7. The van der Waals surface area contributed by atoms with Gasteiger partial charge >= 0.3 is 12.5 Å². The predicted molar refractivity (Wildman–Crippen MR) is 99.2 cm³/mol. The highest BCUT2D eigenvalue weighted by molar-refractivity contribution is 6.30. The molecular weight excluding hydrogens is 413 g/mol. The Balaban J connectivity index is 2.01. The van der Waals surface area contributed by atoms with Crippen LogP contribution >= 0.6 is 11.6 Å². The van der Waals surface area contributed by atoms with E-state index in [0.717, 1.165) is 17.7 Å². The van der Waals surface area contributed by atoms with Crippen molar-refractivity contribution in [1.82, 2.24) is 4.98 Å². The van der Waals surface area contributed by atoms with E-state index in [-0.39, 0.29) is 5.56 Å². The summed E-state index contributed by atoms with van der Waals surface area (Å²) in [4.78, 5) is 4.25. The van der Waals surface area contributed by atoms with Gasteiger partial charge in [0.25, 0.3) is 0 Å². The zero-order valence-electron chi connectivity index (χ0n) is 14.8. The highest BCUT2D eigenvalue weighted by atomic mass is 35.5. The second-order valence-corrected chi connectivity index (χ2v) is 6.76. The molecule has 1 heterocycles. The lowest BCUT2D eigenvalue weighted by atomic mass is 9.88. The first-order valence-corrected chi connectivity index (χ1v) is 8.93. The van der Waals surface area contributed by atoms with Crippen LogP contribution in [-0.2, 0) is 6.42 Å². The van der Waals surface area contributed by atoms with Crippen LogP contribution in [0.2, 0.25) is 5.02 Å². The van der Waals surface area contributed by atoms with Crippen LogP contribution < -0.4 is 4.74 Å². The van der Waals surface area contributed by atoms with Crippen molar-refractivity contribution in [2.24, 2.45) is 0 Å². The molecule has 2 nitrogen and oxygen atoms in total. The molecule has 0 unspecified atom stereocenters. The van der Waals surface area contributed by atoms with Gasteiger partial charge in [0.1, 0.15) is 11.6 Å². The summed E-state index contributed by atoms with van der Waals surface area (Å²) in [7, 11) is 0. The van der Waals surface area contributed by atoms with Crippen LogP contribution in [0.5, 0.6) is 5.75 Å². The summed E-state index contributed by atoms with van der Waals surface area (Å²) in [6.07, 6.45) is -7.01. The fourth-order valence-corrected chi connectivity index (χ4v) is 2.99. The monoisotopic (exact) mass is 427 g/mol. The predicted octanol–water partition coefficient (Wildman–Crippen LogP) is 6.49. The van der Waals surface area contributed by atoms with E-state index in [9.17, 15) is 22.0 Å². The number of aromatic nitrogens is 1. The Kier molecular flexibility index (Phi) is 6.37. The van der Waals surface area contributed by atoms with Gasteiger partial charge in [-0.2, -0.15) is 17.6 Å². The second kappa shape index (κ2) is 8.78. The molecule has 2 aromatic carbocycles. The zero-order valence-corrected chi connectivity index (χ0v) is 15.6. The molecule has 0 N–H and O–H groups in total. The van der Waals surface area contributed by atoms with E-state index in [1.165, 1.54) is 6.20 Å². The first-order chi connectivity index (χ1) is 13.7. The van der Waals surface area contributed by atoms with Crippen molar-refractivity contribution in [3.05, 3.63) is 94.5 Å². The van der Waals surface area contributed by atoms with E-state index < -0.39 is 30.0 Å². The maximum atomic E-state index is 14.1. The number of hydrogen-bond acceptors (Lipinski definition) is 2. The quantitative estimate of drug-likeness (QED) is 0.402. The van der Waals surface area contributed by atoms with E-state index in [4.69, 9.17) is 11.6 Å². The van der Waals surface area contributed by atoms with Crippen molar-refractivity contribution in [2.75, 3.05) is 0 Å². The van der Waals surface area contributed by atoms with Gasteiger partial charge in [-0.25, -0.2) is 4.39 Å². The number of halogens is 6. The maximum Gasteiger partial charge on any atom is 0.461 e. The summed E-state index contributed by atoms with van der Waals surface area (Å²) in [6, 6.07) is 15.3. The lowest BCUT2D eigenvalue weighted by Crippen LogP contribution is -2.33. The van der Waals surface area contributed by atoms with Crippen molar-refractivity contribution in [1.29, 1.82) is 0 Å². The van der Waals surface area contributed by atoms with Crippen LogP contribution in [0.3, 0.4) is 0 Å². The minimum atomic E-state index is -4.74. The average Bonchev–Trinajstić information content (AvgIpc) is 2.67. The van der Waals surface area contributed by atoms with E-state index >= 15 is 0 Å². The Morgan fingerprint density at radius 2 is 1.72 bits per heavy atom. The van der Waals surface area contributed by atoms with Crippen molar-refractivity contribution < 1.29 is 26.7 Å². The number of alkyl halides is 4. The summed E-state index contributed by atoms with van der Waals surface area (Å²) >= 11 is 5.88. The van der Waals surface area contributed by atoms with Crippen molar-refractivity contribution in [2.45, 2.75) is 24.9 Å². The molecule has 0 radical (unpaired) electrons. The number of ether oxygens (including phenoxy) is 1. The average molecular weight is 428 g/mol. The molecule has 0 aliphatic heterocycles. The van der Waals surface area contributed by atoms with Crippen molar-refractivity contribution in [3.63, 3.8) is 0 Å². The van der Waals surface area contributed by atoms with E-state index in [1.54, 1.807) is 12.1 Å². The Morgan fingerprint density at radius 1 is 1.00 bits per heavy atom. The highest BCUT2D eigenvalue weighted by Crippen LogP contribution is 2.34. The standard InChI is InChI=1S/C21H15ClF5NO/c22-15-6-7-19(28-12-15)18(8-13-4-2-1-3-5-13)14-9-16(23)11-17(10-14)29-21(26,27)20(24)25/h1-7,9-12,18,20H,8H2/t18-/m0/s1. The molecule has 0 bridgehead atoms. The molecule has 3 aromatic rings. The Morgan fingerprint density at radius 3 is 2.34 bits per heavy atom. The molecule has 0 amide bonds. The highest BCUT2D eigenvalue weighted by Gasteiger charge is 2.44. The smallest absolute Gasteiger partial charge is 0.428 e. The van der Waals surface area contributed by atoms with Gasteiger partial charge < -0.3 is 4.74 Å². The van der Waals surface area contributed by atoms with Crippen LogP contribution in [0.15, 0.2) is 66.9 Å². The van der Waals surface area contributed by atoms with Crippen LogP contribution in [0.25, 0.3) is 0 Å². The lowest BCUT2D eigenvalue weighted by Gasteiger charge is -2.21. The third-order valence-corrected chi connectivity index (χ3v) is 4.42. The minimum Gasteiger partial charge on any atom is -0.428 e. The van der Waals surface area contributed by atoms with Crippen LogP contribution in [0.1, 0.15) is 22.7 Å². The first kappa shape index (κ1) is 21.0. The SMILES string of the molecule is Fc1cc(OC(F)(F)C(F)F)cc([C@H](Cc2ccccc2)c2ccc(Cl)cn2)c1. The summed E-state index contributed by atoms with van der Waals surface area (Å²) in [5.41, 5.74) is 1.65. The molecule has 1 aromatic heterocycles. The molecule has 3 rings (SSSR count). The van der Waals surface area contributed by atoms with Gasteiger partial charge in [-0.1, -0.05) is 41.9 Å². The third-order valence-electron chi connectivity index (χ3n) is 4.19. The largest absolute Gasteiger partial charge is 0.461 e. The Bertz CT molecular complexity index is 951. The second-order valence-electron chi connectivity index (χ2n) is 6.33. The maximum absolute atomic E-state index is 14.1. The van der Waals surface area contributed by atoms with E-state index in [2.05, 4.69) is 9.72 Å². The van der Waals surface area contributed by atoms with Crippen LogP contribution in [-0.4, -0.2) is 17.5 Å². The van der Waals surface area contributed by atoms with Gasteiger partial charge in [0.2, 0.25) is 0 Å². The molecule has 0 saturated heterocycles. The molecular formula is C21H15ClF5NO. The van der Waals surface area contributed by atoms with E-state index in [0.29, 0.717) is 23.2 Å². The normalized spacial score (nSPS) is 12.8. The minimum absolute atomic E-state index is 0.253. The lowest BCUT2D eigenvalue weighted by molar-refractivity contribution is -0.253. The van der Waals surface area contributed by atoms with Gasteiger partial charge in [-0.15, -0.1) is 0 Å². The zero-order chi connectivity index (χ0) is 21.0. The molecule has 0 aliphatic carbocycles. The van der Waals surface area contributed by atoms with Gasteiger partial charge in [0, 0.05) is 23.9 Å². The van der Waals surface area contributed by atoms with Crippen LogP contribution in [0.4, 0.5) is 22.0 Å². The van der Waals surface area contributed by atoms with E-state index in [1.807, 2.05) is 30.3 Å². The van der Waals surface area contributed by atoms with Gasteiger partial charge in [0.15, 0.2) is 0 Å². The number of nitrogens with zero attached hydrogens (tertiary/aromatic N) is 1. The molecule has 29 heavy (non-hydrogen) atoms. The van der Waals surface area contributed by atoms with Crippen molar-refractivity contribution in [3.8, 4) is 5.75 Å². The number of benzene rings is 2. The topological polar surface area (TPSA) is 22.1 Å². The van der Waals surface area contributed by atoms with Gasteiger partial charge in [0.05, 0.1) is 5.02 Å². The summed E-state index contributed by atoms with van der Waals surface area (Å²) in [5.74, 6) is -2.14. The van der Waals surface area contributed by atoms with Gasteiger partial charge in [-0.3, -0.25) is 4.98 Å². The molecule has 1 atom stereocenters. The van der Waals surface area contributed by atoms with Crippen molar-refractivity contribution >= 4 is 11.6 Å². The summed E-state index contributed by atoms with van der Waals surface area (Å²) in [6.45, 7) is 0. The Labute approximate surface area is 168 Å². The fraction of sp³-hybridized carbons (Fsp3) is 0.190. The molecule has 0 fully saturated rings. The number of rotatable bonds is 7.